The van der Waals surface area contributed by atoms with Crippen LogP contribution in [0.2, 0.25) is 0 Å². The van der Waals surface area contributed by atoms with E-state index in [1.807, 2.05) is 28.9 Å². The SMILES string of the molecule is CC(C)(C)Cc1cc(N)n(Cc2ccccc2)n1. The van der Waals surface area contributed by atoms with Gasteiger partial charge in [-0.15, -0.1) is 0 Å². The van der Waals surface area contributed by atoms with Crippen molar-refractivity contribution in [2.75, 3.05) is 5.73 Å². The van der Waals surface area contributed by atoms with Crippen LogP contribution in [-0.4, -0.2) is 9.78 Å². The molecule has 96 valence electrons. The van der Waals surface area contributed by atoms with Crippen LogP contribution in [0.4, 0.5) is 5.82 Å². The first-order chi connectivity index (χ1) is 8.44. The Morgan fingerprint density at radius 1 is 1.17 bits per heavy atom. The molecule has 3 nitrogen and oxygen atoms in total. The van der Waals surface area contributed by atoms with Gasteiger partial charge in [0.05, 0.1) is 12.2 Å². The zero-order chi connectivity index (χ0) is 13.2. The fraction of sp³-hybridized carbons (Fsp3) is 0.400. The average Bonchev–Trinajstić information content (AvgIpc) is 2.58. The first-order valence-corrected chi connectivity index (χ1v) is 6.30. The Morgan fingerprint density at radius 2 is 1.83 bits per heavy atom. The summed E-state index contributed by atoms with van der Waals surface area (Å²) in [6.07, 6.45) is 0.943. The highest BCUT2D eigenvalue weighted by Crippen LogP contribution is 2.21. The third kappa shape index (κ3) is 3.36. The molecule has 0 fully saturated rings. The molecule has 2 rings (SSSR count). The first kappa shape index (κ1) is 12.7. The van der Waals surface area contributed by atoms with Gasteiger partial charge in [0.2, 0.25) is 0 Å². The Morgan fingerprint density at radius 3 is 2.44 bits per heavy atom. The molecule has 3 heteroatoms. The fourth-order valence-electron chi connectivity index (χ4n) is 2.00. The molecule has 0 aliphatic carbocycles. The normalized spacial score (nSPS) is 11.7. The van der Waals surface area contributed by atoms with Crippen LogP contribution in [0.5, 0.6) is 0 Å². The summed E-state index contributed by atoms with van der Waals surface area (Å²) < 4.78 is 1.87. The van der Waals surface area contributed by atoms with Crippen molar-refractivity contribution in [1.82, 2.24) is 9.78 Å². The quantitative estimate of drug-likeness (QED) is 0.900. The number of hydrogen-bond acceptors (Lipinski definition) is 2. The summed E-state index contributed by atoms with van der Waals surface area (Å²) in [6, 6.07) is 12.2. The Hall–Kier alpha value is -1.77. The summed E-state index contributed by atoms with van der Waals surface area (Å²) in [5, 5.41) is 4.58. The van der Waals surface area contributed by atoms with Crippen LogP contribution in [0.15, 0.2) is 36.4 Å². The molecule has 0 aliphatic heterocycles. The minimum atomic E-state index is 0.234. The van der Waals surface area contributed by atoms with Crippen LogP contribution in [0, 0.1) is 5.41 Å². The molecule has 0 saturated carbocycles. The molecule has 1 aromatic carbocycles. The molecule has 0 aliphatic rings. The molecule has 0 bridgehead atoms. The maximum atomic E-state index is 6.01. The van der Waals surface area contributed by atoms with Crippen LogP contribution in [-0.2, 0) is 13.0 Å². The number of hydrogen-bond donors (Lipinski definition) is 1. The minimum Gasteiger partial charge on any atom is -0.384 e. The molecule has 0 saturated heterocycles. The van der Waals surface area contributed by atoms with Crippen molar-refractivity contribution in [3.63, 3.8) is 0 Å². The van der Waals surface area contributed by atoms with E-state index in [-0.39, 0.29) is 5.41 Å². The van der Waals surface area contributed by atoms with E-state index in [2.05, 4.69) is 38.0 Å². The van der Waals surface area contributed by atoms with Gasteiger partial charge in [-0.1, -0.05) is 51.1 Å². The van der Waals surface area contributed by atoms with E-state index in [4.69, 9.17) is 5.73 Å². The molecule has 1 aromatic heterocycles. The second-order valence-corrected chi connectivity index (χ2v) is 5.94. The first-order valence-electron chi connectivity index (χ1n) is 6.30. The van der Waals surface area contributed by atoms with Gasteiger partial charge in [-0.05, 0) is 17.4 Å². The third-order valence-corrected chi connectivity index (χ3v) is 2.75. The lowest BCUT2D eigenvalue weighted by atomic mass is 9.91. The van der Waals surface area contributed by atoms with Crippen LogP contribution >= 0.6 is 0 Å². The fourth-order valence-corrected chi connectivity index (χ4v) is 2.00. The van der Waals surface area contributed by atoms with Crippen LogP contribution in [0.25, 0.3) is 0 Å². The van der Waals surface area contributed by atoms with Crippen molar-refractivity contribution in [3.8, 4) is 0 Å². The summed E-state index contributed by atoms with van der Waals surface area (Å²) in [6.45, 7) is 7.36. The minimum absolute atomic E-state index is 0.234. The molecule has 0 unspecified atom stereocenters. The topological polar surface area (TPSA) is 43.8 Å². The van der Waals surface area contributed by atoms with Crippen LogP contribution in [0.3, 0.4) is 0 Å². The van der Waals surface area contributed by atoms with E-state index in [1.165, 1.54) is 5.56 Å². The highest BCUT2D eigenvalue weighted by atomic mass is 15.3. The number of anilines is 1. The van der Waals surface area contributed by atoms with E-state index < -0.39 is 0 Å². The van der Waals surface area contributed by atoms with Gasteiger partial charge in [0, 0.05) is 6.07 Å². The smallest absolute Gasteiger partial charge is 0.122 e. The molecule has 2 aromatic rings. The molecular formula is C15H21N3. The predicted octanol–water partition coefficient (Wildman–Crippen LogP) is 3.10. The number of benzene rings is 1. The summed E-state index contributed by atoms with van der Waals surface area (Å²) >= 11 is 0. The number of nitrogens with zero attached hydrogens (tertiary/aromatic N) is 2. The molecular weight excluding hydrogens is 222 g/mol. The second kappa shape index (κ2) is 4.84. The van der Waals surface area contributed by atoms with E-state index in [0.29, 0.717) is 0 Å². The van der Waals surface area contributed by atoms with E-state index in [0.717, 1.165) is 24.5 Å². The molecule has 1 heterocycles. The molecule has 0 atom stereocenters. The van der Waals surface area contributed by atoms with Crippen molar-refractivity contribution < 1.29 is 0 Å². The Bertz CT molecular complexity index is 506. The molecule has 18 heavy (non-hydrogen) atoms. The summed E-state index contributed by atoms with van der Waals surface area (Å²) in [5.74, 6) is 0.734. The Labute approximate surface area is 109 Å². The third-order valence-electron chi connectivity index (χ3n) is 2.75. The lowest BCUT2D eigenvalue weighted by molar-refractivity contribution is 0.404. The monoisotopic (exact) mass is 243 g/mol. The van der Waals surface area contributed by atoms with Crippen molar-refractivity contribution in [2.45, 2.75) is 33.7 Å². The van der Waals surface area contributed by atoms with Crippen LogP contribution < -0.4 is 5.73 Å². The van der Waals surface area contributed by atoms with E-state index >= 15 is 0 Å². The van der Waals surface area contributed by atoms with Gasteiger partial charge in [0.25, 0.3) is 0 Å². The number of rotatable bonds is 3. The van der Waals surface area contributed by atoms with Crippen molar-refractivity contribution in [2.24, 2.45) is 5.41 Å². The largest absolute Gasteiger partial charge is 0.384 e. The van der Waals surface area contributed by atoms with Crippen LogP contribution in [0.1, 0.15) is 32.0 Å². The highest BCUT2D eigenvalue weighted by molar-refractivity contribution is 5.32. The number of aromatic nitrogens is 2. The van der Waals surface area contributed by atoms with Gasteiger partial charge in [0.15, 0.2) is 0 Å². The Kier molecular flexibility index (Phi) is 3.41. The second-order valence-electron chi connectivity index (χ2n) is 5.94. The Balaban J connectivity index is 2.15. The van der Waals surface area contributed by atoms with Gasteiger partial charge in [-0.3, -0.25) is 0 Å². The van der Waals surface area contributed by atoms with Gasteiger partial charge in [0.1, 0.15) is 5.82 Å². The van der Waals surface area contributed by atoms with Crippen molar-refractivity contribution in [3.05, 3.63) is 47.7 Å². The number of nitrogens with two attached hydrogens (primary N) is 1. The van der Waals surface area contributed by atoms with E-state index in [1.54, 1.807) is 0 Å². The predicted molar refractivity (Wildman–Crippen MR) is 75.3 cm³/mol. The average molecular weight is 243 g/mol. The zero-order valence-electron chi connectivity index (χ0n) is 11.4. The molecule has 0 radical (unpaired) electrons. The molecule has 2 N–H and O–H groups in total. The van der Waals surface area contributed by atoms with Gasteiger partial charge < -0.3 is 5.73 Å². The highest BCUT2D eigenvalue weighted by Gasteiger charge is 2.14. The molecule has 0 amide bonds. The van der Waals surface area contributed by atoms with Gasteiger partial charge in [-0.25, -0.2) is 4.68 Å². The summed E-state index contributed by atoms with van der Waals surface area (Å²) in [4.78, 5) is 0. The number of nitrogen functional groups attached to an aromatic ring is 1. The van der Waals surface area contributed by atoms with Crippen molar-refractivity contribution >= 4 is 5.82 Å². The maximum absolute atomic E-state index is 6.01. The maximum Gasteiger partial charge on any atom is 0.122 e. The molecule has 0 spiro atoms. The van der Waals surface area contributed by atoms with Crippen molar-refractivity contribution in [1.29, 1.82) is 0 Å². The lowest BCUT2D eigenvalue weighted by Crippen LogP contribution is -2.10. The zero-order valence-corrected chi connectivity index (χ0v) is 11.4. The van der Waals surface area contributed by atoms with Gasteiger partial charge in [-0.2, -0.15) is 5.10 Å². The lowest BCUT2D eigenvalue weighted by Gasteiger charge is -2.15. The van der Waals surface area contributed by atoms with E-state index in [9.17, 15) is 0 Å². The van der Waals surface area contributed by atoms with Gasteiger partial charge >= 0.3 is 0 Å². The summed E-state index contributed by atoms with van der Waals surface area (Å²) in [7, 11) is 0. The standard InChI is InChI=1S/C15H21N3/c1-15(2,3)10-13-9-14(16)18(17-13)11-12-7-5-4-6-8-12/h4-9H,10-11,16H2,1-3H3. The summed E-state index contributed by atoms with van der Waals surface area (Å²) in [5.41, 5.74) is 8.53.